The number of nitrogens with two attached hydrogens (primary N) is 1. The fraction of sp³-hybridized carbons (Fsp3) is 0.429. The van der Waals surface area contributed by atoms with Gasteiger partial charge in [0.1, 0.15) is 11.9 Å². The van der Waals surface area contributed by atoms with Crippen LogP contribution in [0.1, 0.15) is 24.4 Å². The summed E-state index contributed by atoms with van der Waals surface area (Å²) in [6.07, 6.45) is 5.28. The number of carbonyl (C=O) groups is 1. The van der Waals surface area contributed by atoms with Gasteiger partial charge in [-0.2, -0.15) is 0 Å². The molecule has 1 saturated heterocycles. The molecule has 0 aromatic carbocycles. The monoisotopic (exact) mass is 318 g/mol. The van der Waals surface area contributed by atoms with Crippen LogP contribution in [-0.4, -0.2) is 38.5 Å². The molecule has 0 spiro atoms. The minimum absolute atomic E-state index is 0.0639. The van der Waals surface area contributed by atoms with Gasteiger partial charge in [-0.1, -0.05) is 0 Å². The third kappa shape index (κ3) is 3.13. The lowest BCUT2D eigenvalue weighted by molar-refractivity contribution is -0.125. The summed E-state index contributed by atoms with van der Waals surface area (Å²) in [5.74, 6) is 6.29. The van der Waals surface area contributed by atoms with Crippen LogP contribution in [-0.2, 0) is 11.3 Å². The molecule has 1 atom stereocenters. The van der Waals surface area contributed by atoms with E-state index in [1.165, 1.54) is 0 Å². The first-order chi connectivity index (χ1) is 10.6. The topological polar surface area (TPSA) is 97.0 Å². The largest absolute Gasteiger partial charge is 0.347 e. The van der Waals surface area contributed by atoms with Gasteiger partial charge in [-0.05, 0) is 19.8 Å². The Hall–Kier alpha value is -1.90. The van der Waals surface area contributed by atoms with Crippen LogP contribution in [0.15, 0.2) is 17.9 Å². The highest BCUT2D eigenvalue weighted by Gasteiger charge is 2.28. The fourth-order valence-electron chi connectivity index (χ4n) is 2.50. The number of aromatic nitrogens is 3. The predicted octanol–water partition coefficient (Wildman–Crippen LogP) is 0.863. The van der Waals surface area contributed by atoms with Crippen molar-refractivity contribution >= 4 is 17.2 Å². The SMILES string of the molecule is Cc1ncsc1-c1cnc(CNC(=O)C2CCCN2N)nc1. The van der Waals surface area contributed by atoms with E-state index in [1.54, 1.807) is 34.2 Å². The van der Waals surface area contributed by atoms with Gasteiger partial charge in [0.25, 0.3) is 0 Å². The van der Waals surface area contributed by atoms with Crippen LogP contribution in [0.2, 0.25) is 0 Å². The van der Waals surface area contributed by atoms with E-state index in [9.17, 15) is 4.79 Å². The van der Waals surface area contributed by atoms with Crippen molar-refractivity contribution in [2.24, 2.45) is 5.84 Å². The zero-order valence-electron chi connectivity index (χ0n) is 12.3. The van der Waals surface area contributed by atoms with E-state index in [1.807, 2.05) is 6.92 Å². The van der Waals surface area contributed by atoms with Crippen LogP contribution in [0.4, 0.5) is 0 Å². The lowest BCUT2D eigenvalue weighted by atomic mass is 10.2. The summed E-state index contributed by atoms with van der Waals surface area (Å²) in [4.78, 5) is 25.9. The Morgan fingerprint density at radius 3 is 2.82 bits per heavy atom. The van der Waals surface area contributed by atoms with Crippen molar-refractivity contribution in [3.05, 3.63) is 29.4 Å². The molecule has 1 fully saturated rings. The van der Waals surface area contributed by atoms with Gasteiger partial charge < -0.3 is 5.32 Å². The number of nitrogens with zero attached hydrogens (tertiary/aromatic N) is 4. The Kier molecular flexibility index (Phi) is 4.41. The Bertz CT molecular complexity index is 656. The number of carbonyl (C=O) groups excluding carboxylic acids is 1. The number of rotatable bonds is 4. The molecule has 0 saturated carbocycles. The second-order valence-corrected chi connectivity index (χ2v) is 6.12. The minimum atomic E-state index is -0.237. The minimum Gasteiger partial charge on any atom is -0.347 e. The summed E-state index contributed by atoms with van der Waals surface area (Å²) in [7, 11) is 0. The molecule has 116 valence electrons. The van der Waals surface area contributed by atoms with Crippen LogP contribution in [0.25, 0.3) is 10.4 Å². The lowest BCUT2D eigenvalue weighted by Crippen LogP contribution is -2.46. The molecule has 1 unspecified atom stereocenters. The van der Waals surface area contributed by atoms with E-state index in [4.69, 9.17) is 5.84 Å². The normalized spacial score (nSPS) is 18.5. The van der Waals surface area contributed by atoms with Crippen LogP contribution < -0.4 is 11.2 Å². The maximum atomic E-state index is 12.0. The fourth-order valence-corrected chi connectivity index (χ4v) is 3.28. The van der Waals surface area contributed by atoms with Crippen LogP contribution in [0.3, 0.4) is 0 Å². The summed E-state index contributed by atoms with van der Waals surface area (Å²) in [5.41, 5.74) is 3.72. The molecule has 0 bridgehead atoms. The van der Waals surface area contributed by atoms with Crippen LogP contribution in [0, 0.1) is 6.92 Å². The molecule has 1 aliphatic heterocycles. The number of hydrogen-bond donors (Lipinski definition) is 2. The Balaban J connectivity index is 1.60. The van der Waals surface area contributed by atoms with Crippen molar-refractivity contribution < 1.29 is 4.79 Å². The van der Waals surface area contributed by atoms with E-state index in [-0.39, 0.29) is 11.9 Å². The van der Waals surface area contributed by atoms with E-state index in [0.717, 1.165) is 35.5 Å². The first kappa shape index (κ1) is 15.0. The zero-order chi connectivity index (χ0) is 15.5. The summed E-state index contributed by atoms with van der Waals surface area (Å²) in [5, 5.41) is 4.43. The standard InChI is InChI=1S/C14H18N6OS/c1-9-13(22-8-19-9)10-5-16-12(17-6-10)7-18-14(21)11-3-2-4-20(11)15/h5-6,8,11H,2-4,7,15H2,1H3,(H,18,21). The van der Waals surface area contributed by atoms with E-state index in [0.29, 0.717) is 12.4 Å². The van der Waals surface area contributed by atoms with Gasteiger partial charge in [-0.25, -0.2) is 20.0 Å². The average molecular weight is 318 g/mol. The molecule has 1 aliphatic rings. The van der Waals surface area contributed by atoms with Crippen LogP contribution in [0.5, 0.6) is 0 Å². The molecular formula is C14H18N6OS. The zero-order valence-corrected chi connectivity index (χ0v) is 13.1. The van der Waals surface area contributed by atoms with Crippen molar-refractivity contribution in [1.29, 1.82) is 0 Å². The van der Waals surface area contributed by atoms with Gasteiger partial charge in [0.05, 0.1) is 22.6 Å². The van der Waals surface area contributed by atoms with Crippen molar-refractivity contribution in [2.45, 2.75) is 32.4 Å². The third-order valence-corrected chi connectivity index (χ3v) is 4.71. The molecule has 0 radical (unpaired) electrons. The molecule has 3 rings (SSSR count). The summed E-state index contributed by atoms with van der Waals surface area (Å²) in [6, 6.07) is -0.237. The van der Waals surface area contributed by atoms with Gasteiger partial charge in [-0.15, -0.1) is 11.3 Å². The summed E-state index contributed by atoms with van der Waals surface area (Å²) in [6.45, 7) is 3.03. The van der Waals surface area contributed by atoms with E-state index in [2.05, 4.69) is 20.3 Å². The van der Waals surface area contributed by atoms with Gasteiger partial charge >= 0.3 is 0 Å². The maximum Gasteiger partial charge on any atom is 0.239 e. The van der Waals surface area contributed by atoms with Gasteiger partial charge in [0.2, 0.25) is 5.91 Å². The molecule has 2 aromatic rings. The maximum absolute atomic E-state index is 12.0. The first-order valence-electron chi connectivity index (χ1n) is 7.15. The van der Waals surface area contributed by atoms with E-state index >= 15 is 0 Å². The van der Waals surface area contributed by atoms with Crippen molar-refractivity contribution in [2.75, 3.05) is 6.54 Å². The smallest absolute Gasteiger partial charge is 0.239 e. The molecule has 3 heterocycles. The second kappa shape index (κ2) is 6.47. The molecule has 7 nitrogen and oxygen atoms in total. The lowest BCUT2D eigenvalue weighted by Gasteiger charge is -2.17. The third-order valence-electron chi connectivity index (χ3n) is 3.73. The Morgan fingerprint density at radius 1 is 1.45 bits per heavy atom. The molecule has 0 aliphatic carbocycles. The van der Waals surface area contributed by atoms with E-state index < -0.39 is 0 Å². The number of hydrazine groups is 1. The second-order valence-electron chi connectivity index (χ2n) is 5.27. The highest BCUT2D eigenvalue weighted by atomic mass is 32.1. The quantitative estimate of drug-likeness (QED) is 0.812. The molecule has 2 aromatic heterocycles. The molecule has 8 heteroatoms. The number of amides is 1. The number of thiazole rings is 1. The van der Waals surface area contributed by atoms with Crippen molar-refractivity contribution in [3.8, 4) is 10.4 Å². The number of aryl methyl sites for hydroxylation is 1. The highest BCUT2D eigenvalue weighted by Crippen LogP contribution is 2.25. The molecule has 1 amide bonds. The van der Waals surface area contributed by atoms with Crippen LogP contribution >= 0.6 is 11.3 Å². The molecular weight excluding hydrogens is 300 g/mol. The molecule has 22 heavy (non-hydrogen) atoms. The average Bonchev–Trinajstić information content (AvgIpc) is 3.14. The van der Waals surface area contributed by atoms with Crippen molar-refractivity contribution in [1.82, 2.24) is 25.3 Å². The predicted molar refractivity (Wildman–Crippen MR) is 83.6 cm³/mol. The van der Waals surface area contributed by atoms with Gasteiger partial charge in [0.15, 0.2) is 0 Å². The summed E-state index contributed by atoms with van der Waals surface area (Å²) < 4.78 is 0. The Labute approximate surface area is 132 Å². The number of nitrogens with one attached hydrogen (secondary N) is 1. The van der Waals surface area contributed by atoms with Crippen molar-refractivity contribution in [3.63, 3.8) is 0 Å². The van der Waals surface area contributed by atoms with Gasteiger partial charge in [-0.3, -0.25) is 10.6 Å². The molecule has 3 N–H and O–H groups in total. The van der Waals surface area contributed by atoms with Gasteiger partial charge in [0, 0.05) is 24.5 Å². The summed E-state index contributed by atoms with van der Waals surface area (Å²) >= 11 is 1.56. The highest BCUT2D eigenvalue weighted by molar-refractivity contribution is 7.13. The Morgan fingerprint density at radius 2 is 2.23 bits per heavy atom. The first-order valence-corrected chi connectivity index (χ1v) is 8.03. The number of hydrogen-bond acceptors (Lipinski definition) is 7.